The van der Waals surface area contributed by atoms with E-state index >= 15 is 0 Å². The molecular formula is C15H19F2N3O2. The lowest BCUT2D eigenvalue weighted by Crippen LogP contribution is -2.33. The number of carbonyl (C=O) groups is 2. The molecule has 0 saturated heterocycles. The molecule has 2 unspecified atom stereocenters. The van der Waals surface area contributed by atoms with Crippen LogP contribution < -0.4 is 10.6 Å². The molecule has 2 amide bonds. The Morgan fingerprint density at radius 1 is 1.23 bits per heavy atom. The summed E-state index contributed by atoms with van der Waals surface area (Å²) < 4.78 is 26.2. The van der Waals surface area contributed by atoms with E-state index in [0.29, 0.717) is 19.0 Å². The van der Waals surface area contributed by atoms with Crippen LogP contribution in [0.15, 0.2) is 18.2 Å². The molecule has 1 fully saturated rings. The van der Waals surface area contributed by atoms with E-state index in [4.69, 9.17) is 0 Å². The van der Waals surface area contributed by atoms with E-state index in [-0.39, 0.29) is 17.5 Å². The molecule has 1 saturated carbocycles. The molecule has 1 aliphatic carbocycles. The van der Waals surface area contributed by atoms with Crippen LogP contribution >= 0.6 is 0 Å². The summed E-state index contributed by atoms with van der Waals surface area (Å²) in [6.45, 7) is 1.24. The maximum atomic E-state index is 13.5. The number of carbonyl (C=O) groups excluding carboxylic acids is 2. The molecule has 22 heavy (non-hydrogen) atoms. The number of hydrogen-bond donors (Lipinski definition) is 2. The Kier molecular flexibility index (Phi) is 5.07. The molecule has 2 N–H and O–H groups in total. The average molecular weight is 311 g/mol. The Hall–Kier alpha value is -2.02. The number of rotatable bonds is 6. The second kappa shape index (κ2) is 6.83. The van der Waals surface area contributed by atoms with Crippen molar-refractivity contribution in [3.05, 3.63) is 29.8 Å². The van der Waals surface area contributed by atoms with Gasteiger partial charge >= 0.3 is 0 Å². The minimum atomic E-state index is -0.832. The first-order valence-corrected chi connectivity index (χ1v) is 7.07. The molecular weight excluding hydrogens is 292 g/mol. The van der Waals surface area contributed by atoms with Crippen LogP contribution in [0.1, 0.15) is 6.42 Å². The van der Waals surface area contributed by atoms with Gasteiger partial charge in [0.2, 0.25) is 11.8 Å². The smallest absolute Gasteiger partial charge is 0.228 e. The molecule has 5 nitrogen and oxygen atoms in total. The lowest BCUT2D eigenvalue weighted by molar-refractivity contribution is -0.125. The van der Waals surface area contributed by atoms with Gasteiger partial charge in [-0.15, -0.1) is 0 Å². The fourth-order valence-corrected chi connectivity index (χ4v) is 2.12. The van der Waals surface area contributed by atoms with Crippen molar-refractivity contribution < 1.29 is 18.4 Å². The van der Waals surface area contributed by atoms with Crippen molar-refractivity contribution in [1.29, 1.82) is 0 Å². The topological polar surface area (TPSA) is 61.4 Å². The van der Waals surface area contributed by atoms with E-state index in [1.165, 1.54) is 0 Å². The maximum Gasteiger partial charge on any atom is 0.228 e. The van der Waals surface area contributed by atoms with Gasteiger partial charge in [0.25, 0.3) is 0 Å². The number of anilines is 1. The van der Waals surface area contributed by atoms with E-state index in [1.54, 1.807) is 0 Å². The number of amides is 2. The number of benzene rings is 1. The molecule has 1 aliphatic rings. The molecule has 7 heteroatoms. The van der Waals surface area contributed by atoms with Gasteiger partial charge in [0, 0.05) is 19.2 Å². The van der Waals surface area contributed by atoms with E-state index in [9.17, 15) is 18.4 Å². The number of nitrogens with zero attached hydrogens (tertiary/aromatic N) is 1. The Morgan fingerprint density at radius 2 is 1.91 bits per heavy atom. The van der Waals surface area contributed by atoms with Gasteiger partial charge < -0.3 is 15.5 Å². The van der Waals surface area contributed by atoms with Crippen LogP contribution in [0.2, 0.25) is 0 Å². The van der Waals surface area contributed by atoms with Crippen LogP contribution in [0.25, 0.3) is 0 Å². The number of halogens is 2. The molecule has 1 aromatic rings. The number of nitrogens with one attached hydrogen (secondary N) is 2. The minimum absolute atomic E-state index is 0.0786. The van der Waals surface area contributed by atoms with Gasteiger partial charge in [-0.3, -0.25) is 9.59 Å². The minimum Gasteiger partial charge on any atom is -0.355 e. The summed E-state index contributed by atoms with van der Waals surface area (Å²) in [5, 5.41) is 5.15. The average Bonchev–Trinajstić information content (AvgIpc) is 3.22. The highest BCUT2D eigenvalue weighted by Gasteiger charge is 2.48. The standard InChI is InChI=1S/C15H19F2N3O2/c1-20(2)6-5-18-14(21)10-8-11(10)15(22)19-13-4-3-9(16)7-12(13)17/h3-4,7,10-11H,5-6,8H2,1-2H3,(H,18,21)(H,19,22). The van der Waals surface area contributed by atoms with Crippen LogP contribution in [0, 0.1) is 23.5 Å². The molecule has 120 valence electrons. The van der Waals surface area contributed by atoms with Gasteiger partial charge in [0.05, 0.1) is 17.5 Å². The second-order valence-corrected chi connectivity index (χ2v) is 5.66. The Bertz CT molecular complexity index is 578. The van der Waals surface area contributed by atoms with Crippen molar-refractivity contribution in [3.63, 3.8) is 0 Å². The second-order valence-electron chi connectivity index (χ2n) is 5.66. The molecule has 2 rings (SSSR count). The summed E-state index contributed by atoms with van der Waals surface area (Å²) in [7, 11) is 3.80. The molecule has 0 aliphatic heterocycles. The van der Waals surface area contributed by atoms with E-state index < -0.39 is 23.5 Å². The van der Waals surface area contributed by atoms with E-state index in [2.05, 4.69) is 10.6 Å². The van der Waals surface area contributed by atoms with E-state index in [1.807, 2.05) is 19.0 Å². The van der Waals surface area contributed by atoms with Gasteiger partial charge in [0.15, 0.2) is 0 Å². The number of likely N-dealkylation sites (N-methyl/N-ethyl adjacent to an activating group) is 1. The Balaban J connectivity index is 1.81. The molecule has 0 radical (unpaired) electrons. The zero-order chi connectivity index (χ0) is 16.3. The molecule has 0 bridgehead atoms. The Labute approximate surface area is 127 Å². The molecule has 2 atom stereocenters. The van der Waals surface area contributed by atoms with Gasteiger partial charge in [-0.25, -0.2) is 8.78 Å². The Morgan fingerprint density at radius 3 is 2.55 bits per heavy atom. The fraction of sp³-hybridized carbons (Fsp3) is 0.467. The monoisotopic (exact) mass is 311 g/mol. The summed E-state index contributed by atoms with van der Waals surface area (Å²) in [4.78, 5) is 25.7. The first-order valence-electron chi connectivity index (χ1n) is 7.07. The third-order valence-corrected chi connectivity index (χ3v) is 3.51. The van der Waals surface area contributed by atoms with Gasteiger partial charge in [-0.1, -0.05) is 0 Å². The fourth-order valence-electron chi connectivity index (χ4n) is 2.12. The molecule has 0 heterocycles. The van der Waals surface area contributed by atoms with Crippen molar-refractivity contribution in [1.82, 2.24) is 10.2 Å². The van der Waals surface area contributed by atoms with Gasteiger partial charge in [0.1, 0.15) is 11.6 Å². The van der Waals surface area contributed by atoms with Crippen molar-refractivity contribution in [2.75, 3.05) is 32.5 Å². The van der Waals surface area contributed by atoms with Crippen LogP contribution in [0.3, 0.4) is 0 Å². The van der Waals surface area contributed by atoms with Gasteiger partial charge in [-0.2, -0.15) is 0 Å². The summed E-state index contributed by atoms with van der Waals surface area (Å²) in [5.74, 6) is -2.95. The third kappa shape index (κ3) is 4.24. The summed E-state index contributed by atoms with van der Waals surface area (Å²) in [6, 6.07) is 2.93. The first kappa shape index (κ1) is 16.4. The van der Waals surface area contributed by atoms with Crippen molar-refractivity contribution in [2.24, 2.45) is 11.8 Å². The largest absolute Gasteiger partial charge is 0.355 e. The van der Waals surface area contributed by atoms with Crippen LogP contribution in [0.5, 0.6) is 0 Å². The van der Waals surface area contributed by atoms with Crippen LogP contribution in [-0.2, 0) is 9.59 Å². The highest BCUT2D eigenvalue weighted by atomic mass is 19.1. The summed E-state index contributed by atoms with van der Waals surface area (Å²) in [6.07, 6.45) is 0.447. The lowest BCUT2D eigenvalue weighted by atomic mass is 10.2. The van der Waals surface area contributed by atoms with Crippen molar-refractivity contribution in [2.45, 2.75) is 6.42 Å². The van der Waals surface area contributed by atoms with Crippen LogP contribution in [0.4, 0.5) is 14.5 Å². The van der Waals surface area contributed by atoms with E-state index in [0.717, 1.165) is 18.7 Å². The summed E-state index contributed by atoms with van der Waals surface area (Å²) in [5.41, 5.74) is -0.0786. The van der Waals surface area contributed by atoms with Crippen LogP contribution in [-0.4, -0.2) is 43.9 Å². The molecule has 0 aromatic heterocycles. The molecule has 0 spiro atoms. The predicted molar refractivity (Wildman–Crippen MR) is 78.1 cm³/mol. The third-order valence-electron chi connectivity index (χ3n) is 3.51. The van der Waals surface area contributed by atoms with Crippen molar-refractivity contribution >= 4 is 17.5 Å². The quantitative estimate of drug-likeness (QED) is 0.830. The zero-order valence-corrected chi connectivity index (χ0v) is 12.5. The summed E-state index contributed by atoms with van der Waals surface area (Å²) >= 11 is 0. The highest BCUT2D eigenvalue weighted by Crippen LogP contribution is 2.39. The zero-order valence-electron chi connectivity index (χ0n) is 12.5. The van der Waals surface area contributed by atoms with Gasteiger partial charge in [-0.05, 0) is 32.6 Å². The SMILES string of the molecule is CN(C)CCNC(=O)C1CC1C(=O)Nc1ccc(F)cc1F. The number of hydrogen-bond acceptors (Lipinski definition) is 3. The lowest BCUT2D eigenvalue weighted by Gasteiger charge is -2.10. The molecule has 1 aromatic carbocycles. The maximum absolute atomic E-state index is 13.5. The van der Waals surface area contributed by atoms with Crippen molar-refractivity contribution in [3.8, 4) is 0 Å². The first-order chi connectivity index (χ1) is 10.4. The predicted octanol–water partition coefficient (Wildman–Crippen LogP) is 1.22. The highest BCUT2D eigenvalue weighted by molar-refractivity contribution is 5.99. The normalized spacial score (nSPS) is 19.9.